The molecule has 1 N–H and O–H groups in total. The summed E-state index contributed by atoms with van der Waals surface area (Å²) in [6, 6.07) is 6.33. The normalized spacial score (nSPS) is 14.7. The van der Waals surface area contributed by atoms with Gasteiger partial charge in [0.05, 0.1) is 7.11 Å². The molecule has 0 aliphatic carbocycles. The zero-order chi connectivity index (χ0) is 15.4. The molecule has 1 saturated heterocycles. The number of benzene rings is 1. The van der Waals surface area contributed by atoms with Gasteiger partial charge in [-0.05, 0) is 31.4 Å². The number of aromatic nitrogens is 2. The molecule has 5 nitrogen and oxygen atoms in total. The van der Waals surface area contributed by atoms with Crippen LogP contribution in [0.15, 0.2) is 30.5 Å². The number of anilines is 3. The number of rotatable bonds is 4. The van der Waals surface area contributed by atoms with Crippen LogP contribution >= 0.6 is 0 Å². The van der Waals surface area contributed by atoms with E-state index in [1.54, 1.807) is 12.3 Å². The maximum Gasteiger partial charge on any atom is 0.229 e. The molecule has 0 saturated carbocycles. The van der Waals surface area contributed by atoms with Gasteiger partial charge in [0.25, 0.3) is 0 Å². The van der Waals surface area contributed by atoms with Gasteiger partial charge in [0.15, 0.2) is 0 Å². The summed E-state index contributed by atoms with van der Waals surface area (Å²) in [6.45, 7) is 2.04. The Morgan fingerprint density at radius 2 is 2.00 bits per heavy atom. The number of ether oxygens (including phenoxy) is 1. The maximum atomic E-state index is 13.5. The SMILES string of the molecule is COc1cc(F)cc(Nc2nccc(N3CCCCC3)n2)c1. The number of nitrogens with one attached hydrogen (secondary N) is 1. The molecule has 22 heavy (non-hydrogen) atoms. The minimum atomic E-state index is -0.367. The van der Waals surface area contributed by atoms with Crippen molar-refractivity contribution in [1.29, 1.82) is 0 Å². The van der Waals surface area contributed by atoms with Gasteiger partial charge in [0.2, 0.25) is 5.95 Å². The molecule has 0 bridgehead atoms. The van der Waals surface area contributed by atoms with Crippen LogP contribution in [0.4, 0.5) is 21.8 Å². The zero-order valence-corrected chi connectivity index (χ0v) is 12.6. The summed E-state index contributed by atoms with van der Waals surface area (Å²) in [5.74, 6) is 1.44. The van der Waals surface area contributed by atoms with Gasteiger partial charge >= 0.3 is 0 Å². The van der Waals surface area contributed by atoms with Crippen molar-refractivity contribution in [3.63, 3.8) is 0 Å². The monoisotopic (exact) mass is 302 g/mol. The molecule has 1 aromatic heterocycles. The van der Waals surface area contributed by atoms with E-state index in [1.165, 1.54) is 38.5 Å². The molecule has 1 aliphatic heterocycles. The minimum absolute atomic E-state index is 0.367. The Bertz CT molecular complexity index is 644. The molecule has 2 heterocycles. The van der Waals surface area contributed by atoms with Gasteiger partial charge in [0, 0.05) is 37.1 Å². The fourth-order valence-electron chi connectivity index (χ4n) is 2.59. The zero-order valence-electron chi connectivity index (χ0n) is 12.6. The maximum absolute atomic E-state index is 13.5. The van der Waals surface area contributed by atoms with Crippen molar-refractivity contribution >= 4 is 17.5 Å². The predicted octanol–water partition coefficient (Wildman–Crippen LogP) is 3.36. The molecule has 0 radical (unpaired) electrons. The van der Waals surface area contributed by atoms with Crippen molar-refractivity contribution in [2.75, 3.05) is 30.4 Å². The lowest BCUT2D eigenvalue weighted by molar-refractivity contribution is 0.411. The summed E-state index contributed by atoms with van der Waals surface area (Å²) in [6.07, 6.45) is 5.37. The summed E-state index contributed by atoms with van der Waals surface area (Å²) in [7, 11) is 1.51. The van der Waals surface area contributed by atoms with Crippen molar-refractivity contribution < 1.29 is 9.13 Å². The molecular formula is C16H19FN4O. The average Bonchev–Trinajstić information content (AvgIpc) is 2.55. The summed E-state index contributed by atoms with van der Waals surface area (Å²) in [5, 5.41) is 3.03. The largest absolute Gasteiger partial charge is 0.497 e. The van der Waals surface area contributed by atoms with Gasteiger partial charge in [-0.3, -0.25) is 0 Å². The molecule has 1 aromatic carbocycles. The van der Waals surface area contributed by atoms with E-state index in [9.17, 15) is 4.39 Å². The quantitative estimate of drug-likeness (QED) is 0.938. The van der Waals surface area contributed by atoms with E-state index < -0.39 is 0 Å². The Morgan fingerprint density at radius 1 is 1.18 bits per heavy atom. The van der Waals surface area contributed by atoms with Crippen molar-refractivity contribution in [3.8, 4) is 5.75 Å². The average molecular weight is 302 g/mol. The highest BCUT2D eigenvalue weighted by Crippen LogP contribution is 2.23. The van der Waals surface area contributed by atoms with Crippen molar-refractivity contribution in [3.05, 3.63) is 36.3 Å². The molecule has 0 atom stereocenters. The van der Waals surface area contributed by atoms with Gasteiger partial charge in [-0.25, -0.2) is 9.37 Å². The lowest BCUT2D eigenvalue weighted by Crippen LogP contribution is -2.30. The predicted molar refractivity (Wildman–Crippen MR) is 84.3 cm³/mol. The first-order valence-corrected chi connectivity index (χ1v) is 7.44. The third-order valence-electron chi connectivity index (χ3n) is 3.68. The Kier molecular flexibility index (Phi) is 4.37. The van der Waals surface area contributed by atoms with Crippen molar-refractivity contribution in [2.24, 2.45) is 0 Å². The molecule has 116 valence electrons. The van der Waals surface area contributed by atoms with Crippen molar-refractivity contribution in [1.82, 2.24) is 9.97 Å². The molecule has 1 fully saturated rings. The van der Waals surface area contributed by atoms with Gasteiger partial charge in [-0.15, -0.1) is 0 Å². The van der Waals surface area contributed by atoms with Crippen LogP contribution in [0.5, 0.6) is 5.75 Å². The van der Waals surface area contributed by atoms with Gasteiger partial charge in [-0.1, -0.05) is 0 Å². The van der Waals surface area contributed by atoms with E-state index >= 15 is 0 Å². The van der Waals surface area contributed by atoms with E-state index in [2.05, 4.69) is 20.2 Å². The summed E-state index contributed by atoms with van der Waals surface area (Å²) >= 11 is 0. The molecular weight excluding hydrogens is 283 g/mol. The van der Waals surface area contributed by atoms with Gasteiger partial charge < -0.3 is 15.0 Å². The molecule has 0 spiro atoms. The smallest absolute Gasteiger partial charge is 0.229 e. The topological polar surface area (TPSA) is 50.3 Å². The van der Waals surface area contributed by atoms with E-state index in [0.717, 1.165) is 18.9 Å². The van der Waals surface area contributed by atoms with E-state index in [0.29, 0.717) is 17.4 Å². The molecule has 0 unspecified atom stereocenters. The standard InChI is InChI=1S/C16H19FN4O/c1-22-14-10-12(17)9-13(11-14)19-16-18-6-5-15(20-16)21-7-3-2-4-8-21/h5-6,9-11H,2-4,7-8H2,1H3,(H,18,19,20). The van der Waals surface area contributed by atoms with E-state index in [-0.39, 0.29) is 5.82 Å². The third kappa shape index (κ3) is 3.44. The second kappa shape index (κ2) is 6.60. The summed E-state index contributed by atoms with van der Waals surface area (Å²) in [4.78, 5) is 11.0. The van der Waals surface area contributed by atoms with Crippen molar-refractivity contribution in [2.45, 2.75) is 19.3 Å². The highest BCUT2D eigenvalue weighted by molar-refractivity contribution is 5.57. The second-order valence-electron chi connectivity index (χ2n) is 5.29. The van der Waals surface area contributed by atoms with Crippen LogP contribution in [0, 0.1) is 5.82 Å². The minimum Gasteiger partial charge on any atom is -0.497 e. The van der Waals surface area contributed by atoms with E-state index in [1.807, 2.05) is 6.07 Å². The van der Waals surface area contributed by atoms with Gasteiger partial charge in [0.1, 0.15) is 17.4 Å². The Balaban J connectivity index is 1.79. The van der Waals surface area contributed by atoms with E-state index in [4.69, 9.17) is 4.74 Å². The summed E-state index contributed by atoms with van der Waals surface area (Å²) < 4.78 is 18.6. The van der Waals surface area contributed by atoms with Crippen LogP contribution in [-0.4, -0.2) is 30.2 Å². The van der Waals surface area contributed by atoms with Crippen LogP contribution in [0.2, 0.25) is 0 Å². The van der Waals surface area contributed by atoms with Crippen LogP contribution in [-0.2, 0) is 0 Å². The fourth-order valence-corrected chi connectivity index (χ4v) is 2.59. The first kappa shape index (κ1) is 14.6. The Morgan fingerprint density at radius 3 is 2.77 bits per heavy atom. The molecule has 1 aliphatic rings. The number of piperidine rings is 1. The highest BCUT2D eigenvalue weighted by Gasteiger charge is 2.13. The second-order valence-corrected chi connectivity index (χ2v) is 5.29. The number of halogens is 1. The summed E-state index contributed by atoms with van der Waals surface area (Å²) in [5.41, 5.74) is 0.563. The van der Waals surface area contributed by atoms with Crippen LogP contribution in [0.25, 0.3) is 0 Å². The number of hydrogen-bond acceptors (Lipinski definition) is 5. The molecule has 6 heteroatoms. The number of methoxy groups -OCH3 is 1. The Hall–Kier alpha value is -2.37. The lowest BCUT2D eigenvalue weighted by Gasteiger charge is -2.27. The first-order valence-electron chi connectivity index (χ1n) is 7.44. The van der Waals surface area contributed by atoms with Crippen LogP contribution in [0.3, 0.4) is 0 Å². The van der Waals surface area contributed by atoms with Crippen LogP contribution in [0.1, 0.15) is 19.3 Å². The first-order chi connectivity index (χ1) is 10.7. The fraction of sp³-hybridized carbons (Fsp3) is 0.375. The van der Waals surface area contributed by atoms with Crippen LogP contribution < -0.4 is 15.0 Å². The Labute approximate surface area is 129 Å². The molecule has 0 amide bonds. The third-order valence-corrected chi connectivity index (χ3v) is 3.68. The van der Waals surface area contributed by atoms with Gasteiger partial charge in [-0.2, -0.15) is 4.98 Å². The lowest BCUT2D eigenvalue weighted by atomic mass is 10.1. The number of nitrogens with zero attached hydrogens (tertiary/aromatic N) is 3. The molecule has 3 rings (SSSR count). The number of hydrogen-bond donors (Lipinski definition) is 1. The molecule has 2 aromatic rings. The highest BCUT2D eigenvalue weighted by atomic mass is 19.1.